The predicted octanol–water partition coefficient (Wildman–Crippen LogP) is 5.84. The number of hydrogen-bond acceptors (Lipinski definition) is 6. The lowest BCUT2D eigenvalue weighted by molar-refractivity contribution is 0.102. The Morgan fingerprint density at radius 2 is 1.82 bits per heavy atom. The Morgan fingerprint density at radius 3 is 2.65 bits per heavy atom. The number of ether oxygens (including phenoxy) is 1. The fraction of sp³-hybridized carbons (Fsp3) is 0.0385. The molecule has 0 bridgehead atoms. The molecule has 0 aliphatic carbocycles. The van der Waals surface area contributed by atoms with E-state index in [1.807, 2.05) is 84.2 Å². The van der Waals surface area contributed by atoms with Crippen molar-refractivity contribution in [1.29, 1.82) is 0 Å². The van der Waals surface area contributed by atoms with Gasteiger partial charge in [-0.15, -0.1) is 11.3 Å². The molecule has 0 radical (unpaired) electrons. The van der Waals surface area contributed by atoms with Crippen LogP contribution >= 0.6 is 23.1 Å². The van der Waals surface area contributed by atoms with E-state index in [4.69, 9.17) is 4.74 Å². The second-order valence-corrected chi connectivity index (χ2v) is 9.27. The summed E-state index contributed by atoms with van der Waals surface area (Å²) in [4.78, 5) is 33.4. The van der Waals surface area contributed by atoms with E-state index in [1.165, 1.54) is 33.7 Å². The van der Waals surface area contributed by atoms with E-state index in [2.05, 4.69) is 10.3 Å². The summed E-state index contributed by atoms with van der Waals surface area (Å²) in [5, 5.41) is 4.75. The summed E-state index contributed by atoms with van der Waals surface area (Å²) in [5.74, 6) is 0.176. The zero-order valence-electron chi connectivity index (χ0n) is 18.1. The molecule has 5 aromatic rings. The van der Waals surface area contributed by atoms with Crippen LogP contribution in [0.2, 0.25) is 0 Å². The van der Waals surface area contributed by atoms with Crippen LogP contribution in [0.15, 0.2) is 105 Å². The van der Waals surface area contributed by atoms with Gasteiger partial charge in [0, 0.05) is 26.9 Å². The minimum absolute atomic E-state index is 0.0282. The lowest BCUT2D eigenvalue weighted by Gasteiger charge is -2.11. The molecule has 0 saturated heterocycles. The summed E-state index contributed by atoms with van der Waals surface area (Å²) in [6.45, 7) is 0. The van der Waals surface area contributed by atoms with Gasteiger partial charge in [0.2, 0.25) is 0 Å². The molecule has 6 nitrogen and oxygen atoms in total. The number of aromatic nitrogens is 2. The van der Waals surface area contributed by atoms with Crippen molar-refractivity contribution >= 4 is 39.7 Å². The van der Waals surface area contributed by atoms with Crippen LogP contribution in [-0.2, 0) is 0 Å². The van der Waals surface area contributed by atoms with Gasteiger partial charge in [-0.1, -0.05) is 54.2 Å². The Bertz CT molecular complexity index is 1540. The fourth-order valence-electron chi connectivity index (χ4n) is 3.50. The van der Waals surface area contributed by atoms with Crippen molar-refractivity contribution in [1.82, 2.24) is 9.38 Å². The molecule has 1 amide bonds. The third-order valence-electron chi connectivity index (χ3n) is 5.16. The average molecular weight is 486 g/mol. The van der Waals surface area contributed by atoms with Gasteiger partial charge in [0.25, 0.3) is 11.5 Å². The molecule has 8 heteroatoms. The number of thiazole rings is 1. The first-order valence-electron chi connectivity index (χ1n) is 10.4. The first kappa shape index (κ1) is 21.9. The van der Waals surface area contributed by atoms with Gasteiger partial charge in [-0.2, -0.15) is 0 Å². The van der Waals surface area contributed by atoms with Gasteiger partial charge in [-0.05, 0) is 36.4 Å². The standard InChI is InChI=1S/C26H19N3O3S2/c1-32-18-9-7-8-17(14-18)22-16-33-26-27-15-20(25(31)29(22)26)24(30)28-21-12-5-6-13-23(21)34-19-10-3-2-4-11-19/h2-16H,1H3,(H,28,30). The highest BCUT2D eigenvalue weighted by Crippen LogP contribution is 2.33. The Morgan fingerprint density at radius 1 is 1.03 bits per heavy atom. The molecule has 0 spiro atoms. The van der Waals surface area contributed by atoms with Crippen molar-refractivity contribution in [2.45, 2.75) is 9.79 Å². The number of amides is 1. The van der Waals surface area contributed by atoms with Gasteiger partial charge in [0.05, 0.1) is 18.5 Å². The van der Waals surface area contributed by atoms with E-state index in [-0.39, 0.29) is 5.56 Å². The van der Waals surface area contributed by atoms with E-state index < -0.39 is 11.5 Å². The minimum atomic E-state index is -0.504. The first-order valence-corrected chi connectivity index (χ1v) is 12.1. The van der Waals surface area contributed by atoms with E-state index in [1.54, 1.807) is 7.11 Å². The zero-order valence-corrected chi connectivity index (χ0v) is 19.7. The quantitative estimate of drug-likeness (QED) is 0.327. The van der Waals surface area contributed by atoms with Gasteiger partial charge < -0.3 is 10.1 Å². The van der Waals surface area contributed by atoms with Crippen LogP contribution in [0.25, 0.3) is 16.2 Å². The van der Waals surface area contributed by atoms with Crippen molar-refractivity contribution in [2.75, 3.05) is 12.4 Å². The average Bonchev–Trinajstić information content (AvgIpc) is 3.31. The molecular weight excluding hydrogens is 466 g/mol. The van der Waals surface area contributed by atoms with Crippen LogP contribution < -0.4 is 15.6 Å². The number of anilines is 1. The summed E-state index contributed by atoms with van der Waals surface area (Å²) < 4.78 is 6.78. The Balaban J connectivity index is 1.49. The number of methoxy groups -OCH3 is 1. The lowest BCUT2D eigenvalue weighted by atomic mass is 10.1. The smallest absolute Gasteiger partial charge is 0.271 e. The molecule has 0 saturated carbocycles. The van der Waals surface area contributed by atoms with Crippen molar-refractivity contribution < 1.29 is 9.53 Å². The highest BCUT2D eigenvalue weighted by atomic mass is 32.2. The predicted molar refractivity (Wildman–Crippen MR) is 136 cm³/mol. The number of hydrogen-bond donors (Lipinski definition) is 1. The molecule has 2 aromatic heterocycles. The second-order valence-electron chi connectivity index (χ2n) is 7.31. The Hall–Kier alpha value is -3.88. The van der Waals surface area contributed by atoms with Gasteiger partial charge in [0.1, 0.15) is 11.3 Å². The lowest BCUT2D eigenvalue weighted by Crippen LogP contribution is -2.26. The molecule has 3 aromatic carbocycles. The van der Waals surface area contributed by atoms with Crippen molar-refractivity contribution in [2.24, 2.45) is 0 Å². The fourth-order valence-corrected chi connectivity index (χ4v) is 5.28. The molecule has 34 heavy (non-hydrogen) atoms. The summed E-state index contributed by atoms with van der Waals surface area (Å²) >= 11 is 2.88. The van der Waals surface area contributed by atoms with Crippen molar-refractivity contribution in [3.63, 3.8) is 0 Å². The maximum atomic E-state index is 13.4. The molecule has 0 unspecified atom stereocenters. The highest BCUT2D eigenvalue weighted by Gasteiger charge is 2.18. The Labute approximate surface area is 203 Å². The van der Waals surface area contributed by atoms with E-state index in [9.17, 15) is 9.59 Å². The molecule has 2 heterocycles. The number of nitrogens with zero attached hydrogens (tertiary/aromatic N) is 2. The monoisotopic (exact) mass is 485 g/mol. The maximum Gasteiger partial charge on any atom is 0.271 e. The highest BCUT2D eigenvalue weighted by molar-refractivity contribution is 7.99. The molecule has 168 valence electrons. The molecule has 5 rings (SSSR count). The van der Waals surface area contributed by atoms with Gasteiger partial charge >= 0.3 is 0 Å². The molecule has 0 fully saturated rings. The minimum Gasteiger partial charge on any atom is -0.497 e. The summed E-state index contributed by atoms with van der Waals surface area (Å²) in [6.07, 6.45) is 1.34. The van der Waals surface area contributed by atoms with Crippen molar-refractivity contribution in [3.8, 4) is 17.0 Å². The largest absolute Gasteiger partial charge is 0.497 e. The first-order chi connectivity index (χ1) is 16.6. The normalized spacial score (nSPS) is 10.9. The van der Waals surface area contributed by atoms with Crippen LogP contribution in [0.4, 0.5) is 5.69 Å². The maximum absolute atomic E-state index is 13.4. The number of rotatable bonds is 6. The van der Waals surface area contributed by atoms with Gasteiger partial charge in [-0.3, -0.25) is 14.0 Å². The van der Waals surface area contributed by atoms with Gasteiger partial charge in [-0.25, -0.2) is 4.98 Å². The third kappa shape index (κ3) is 4.33. The SMILES string of the molecule is COc1cccc(-c2csc3ncc(C(=O)Nc4ccccc4Sc4ccccc4)c(=O)n23)c1. The van der Waals surface area contributed by atoms with E-state index in [0.717, 1.165) is 15.4 Å². The van der Waals surface area contributed by atoms with Crippen LogP contribution in [0, 0.1) is 0 Å². The van der Waals surface area contributed by atoms with E-state index >= 15 is 0 Å². The number of benzene rings is 3. The number of carbonyl (C=O) groups excluding carboxylic acids is 1. The Kier molecular flexibility index (Phi) is 6.16. The van der Waals surface area contributed by atoms with Crippen LogP contribution in [0.5, 0.6) is 5.75 Å². The van der Waals surface area contributed by atoms with Crippen molar-refractivity contribution in [3.05, 3.63) is 106 Å². The van der Waals surface area contributed by atoms with E-state index in [0.29, 0.717) is 22.1 Å². The summed E-state index contributed by atoms with van der Waals surface area (Å²) in [7, 11) is 1.59. The molecule has 0 atom stereocenters. The third-order valence-corrected chi connectivity index (χ3v) is 7.09. The number of carbonyl (C=O) groups is 1. The summed E-state index contributed by atoms with van der Waals surface area (Å²) in [6, 6.07) is 24.8. The molecule has 0 aliphatic heterocycles. The number of nitrogens with one attached hydrogen (secondary N) is 1. The molecule has 1 N–H and O–H groups in total. The number of fused-ring (bicyclic) bond motifs is 1. The van der Waals surface area contributed by atoms with Gasteiger partial charge in [0.15, 0.2) is 4.96 Å². The second kappa shape index (κ2) is 9.54. The summed E-state index contributed by atoms with van der Waals surface area (Å²) in [5.41, 5.74) is 1.64. The molecule has 0 aliphatic rings. The van der Waals surface area contributed by atoms with Crippen LogP contribution in [0.3, 0.4) is 0 Å². The number of para-hydroxylation sites is 1. The van der Waals surface area contributed by atoms with Crippen LogP contribution in [-0.4, -0.2) is 22.4 Å². The molecular formula is C26H19N3O3S2. The van der Waals surface area contributed by atoms with Crippen LogP contribution in [0.1, 0.15) is 10.4 Å². The topological polar surface area (TPSA) is 72.7 Å². The zero-order chi connectivity index (χ0) is 23.5.